The molecule has 0 aliphatic rings. The molecule has 0 aromatic heterocycles. The molecule has 22 heavy (non-hydrogen) atoms. The zero-order valence-corrected chi connectivity index (χ0v) is 13.1. The van der Waals surface area contributed by atoms with Gasteiger partial charge in [-0.05, 0) is 18.6 Å². The molecule has 2 aromatic carbocycles. The van der Waals surface area contributed by atoms with E-state index in [-0.39, 0.29) is 0 Å². The van der Waals surface area contributed by atoms with E-state index in [4.69, 9.17) is 9.47 Å². The maximum atomic E-state index is 10.2. The molecule has 0 amide bonds. The second-order valence-electron chi connectivity index (χ2n) is 4.94. The van der Waals surface area contributed by atoms with Crippen molar-refractivity contribution in [3.05, 3.63) is 59.7 Å². The summed E-state index contributed by atoms with van der Waals surface area (Å²) in [6, 6.07) is 15.4. The molecule has 1 atom stereocenters. The van der Waals surface area contributed by atoms with Crippen LogP contribution in [0.25, 0.3) is 0 Å². The number of para-hydroxylation sites is 1. The molecule has 0 saturated carbocycles. The van der Waals surface area contributed by atoms with Crippen LogP contribution in [0.4, 0.5) is 0 Å². The lowest BCUT2D eigenvalue weighted by Gasteiger charge is -2.16. The van der Waals surface area contributed by atoms with Crippen LogP contribution in [0.3, 0.4) is 0 Å². The molecular formula is C18H23NO3. The van der Waals surface area contributed by atoms with Crippen LogP contribution >= 0.6 is 0 Å². The highest BCUT2D eigenvalue weighted by Gasteiger charge is 2.11. The molecule has 0 bridgehead atoms. The molecule has 0 aliphatic carbocycles. The van der Waals surface area contributed by atoms with Crippen molar-refractivity contribution in [3.63, 3.8) is 0 Å². The zero-order chi connectivity index (χ0) is 15.8. The molecule has 0 spiro atoms. The average Bonchev–Trinajstić information content (AvgIpc) is 2.57. The Hall–Kier alpha value is -2.04. The van der Waals surface area contributed by atoms with E-state index in [0.29, 0.717) is 19.7 Å². The fourth-order valence-electron chi connectivity index (χ4n) is 2.31. The molecule has 4 heteroatoms. The van der Waals surface area contributed by atoms with Gasteiger partial charge in [0.15, 0.2) is 11.5 Å². The van der Waals surface area contributed by atoms with Gasteiger partial charge in [-0.3, -0.25) is 0 Å². The van der Waals surface area contributed by atoms with Crippen LogP contribution < -0.4 is 14.8 Å². The lowest BCUT2D eigenvalue weighted by Crippen LogP contribution is -2.21. The van der Waals surface area contributed by atoms with E-state index < -0.39 is 6.10 Å². The van der Waals surface area contributed by atoms with Crippen LogP contribution in [0.15, 0.2) is 48.5 Å². The molecule has 2 N–H and O–H groups in total. The number of hydrogen-bond acceptors (Lipinski definition) is 4. The van der Waals surface area contributed by atoms with Crippen molar-refractivity contribution in [1.82, 2.24) is 5.32 Å². The Morgan fingerprint density at radius 2 is 1.86 bits per heavy atom. The van der Waals surface area contributed by atoms with Crippen molar-refractivity contribution in [2.45, 2.75) is 19.6 Å². The van der Waals surface area contributed by atoms with Crippen molar-refractivity contribution in [2.24, 2.45) is 0 Å². The summed E-state index contributed by atoms with van der Waals surface area (Å²) in [4.78, 5) is 0. The van der Waals surface area contributed by atoms with Crippen LogP contribution in [0.5, 0.6) is 11.5 Å². The minimum absolute atomic E-state index is 0.479. The van der Waals surface area contributed by atoms with Crippen molar-refractivity contribution in [3.8, 4) is 11.5 Å². The van der Waals surface area contributed by atoms with Gasteiger partial charge in [0.2, 0.25) is 0 Å². The summed E-state index contributed by atoms with van der Waals surface area (Å²) in [5.74, 6) is 1.49. The number of ether oxygens (including phenoxy) is 2. The van der Waals surface area contributed by atoms with Gasteiger partial charge in [-0.2, -0.15) is 0 Å². The third kappa shape index (κ3) is 4.23. The second kappa shape index (κ2) is 8.41. The highest BCUT2D eigenvalue weighted by atomic mass is 16.5. The van der Waals surface area contributed by atoms with Gasteiger partial charge in [-0.25, -0.2) is 0 Å². The molecule has 0 unspecified atom stereocenters. The smallest absolute Gasteiger partial charge is 0.165 e. The Labute approximate surface area is 131 Å². The van der Waals surface area contributed by atoms with Gasteiger partial charge >= 0.3 is 0 Å². The van der Waals surface area contributed by atoms with Gasteiger partial charge in [-0.1, -0.05) is 42.5 Å². The van der Waals surface area contributed by atoms with Crippen molar-refractivity contribution < 1.29 is 14.6 Å². The Balaban J connectivity index is 1.97. The third-order valence-electron chi connectivity index (χ3n) is 3.41. The number of hydrogen-bond donors (Lipinski definition) is 2. The van der Waals surface area contributed by atoms with Crippen LogP contribution in [-0.4, -0.2) is 25.4 Å². The quantitative estimate of drug-likeness (QED) is 0.787. The summed E-state index contributed by atoms with van der Waals surface area (Å²) in [5.41, 5.74) is 1.92. The predicted molar refractivity (Wildman–Crippen MR) is 87.3 cm³/mol. The number of aliphatic hydroxyl groups excluding tert-OH is 1. The van der Waals surface area contributed by atoms with E-state index in [1.54, 1.807) is 7.11 Å². The monoisotopic (exact) mass is 301 g/mol. The van der Waals surface area contributed by atoms with Gasteiger partial charge < -0.3 is 19.9 Å². The SMILES string of the molecule is CCOc1c(CNC[C@H](O)c2ccccc2)cccc1OC. The Morgan fingerprint density at radius 1 is 1.09 bits per heavy atom. The van der Waals surface area contributed by atoms with Crippen LogP contribution in [-0.2, 0) is 6.54 Å². The van der Waals surface area contributed by atoms with E-state index in [1.807, 2.05) is 55.5 Å². The van der Waals surface area contributed by atoms with E-state index in [9.17, 15) is 5.11 Å². The summed E-state index contributed by atoms with van der Waals surface area (Å²) in [7, 11) is 1.63. The highest BCUT2D eigenvalue weighted by Crippen LogP contribution is 2.31. The molecule has 0 heterocycles. The molecule has 0 radical (unpaired) electrons. The molecule has 4 nitrogen and oxygen atoms in total. The molecule has 0 aliphatic heterocycles. The van der Waals surface area contributed by atoms with Gasteiger partial charge in [0.25, 0.3) is 0 Å². The van der Waals surface area contributed by atoms with Crippen molar-refractivity contribution >= 4 is 0 Å². The van der Waals surface area contributed by atoms with E-state index >= 15 is 0 Å². The normalized spacial score (nSPS) is 12.0. The minimum Gasteiger partial charge on any atom is -0.493 e. The summed E-state index contributed by atoms with van der Waals surface area (Å²) >= 11 is 0. The first kappa shape index (κ1) is 16.3. The fourth-order valence-corrected chi connectivity index (χ4v) is 2.31. The first-order valence-corrected chi connectivity index (χ1v) is 7.48. The first-order chi connectivity index (χ1) is 10.8. The molecule has 2 rings (SSSR count). The van der Waals surface area contributed by atoms with E-state index in [1.165, 1.54) is 0 Å². The third-order valence-corrected chi connectivity index (χ3v) is 3.41. The summed E-state index contributed by atoms with van der Waals surface area (Å²) < 4.78 is 11.0. The van der Waals surface area contributed by atoms with Crippen LogP contribution in [0, 0.1) is 0 Å². The van der Waals surface area contributed by atoms with Gasteiger partial charge in [0.05, 0.1) is 19.8 Å². The summed E-state index contributed by atoms with van der Waals surface area (Å²) in [5, 5.41) is 13.4. The fraction of sp³-hybridized carbons (Fsp3) is 0.333. The molecule has 118 valence electrons. The molecule has 0 saturated heterocycles. The van der Waals surface area contributed by atoms with Crippen LogP contribution in [0.1, 0.15) is 24.2 Å². The topological polar surface area (TPSA) is 50.7 Å². The maximum Gasteiger partial charge on any atom is 0.165 e. The Morgan fingerprint density at radius 3 is 2.55 bits per heavy atom. The molecule has 2 aromatic rings. The van der Waals surface area contributed by atoms with Gasteiger partial charge in [0.1, 0.15) is 0 Å². The summed E-state index contributed by atoms with van der Waals surface area (Å²) in [6.45, 7) is 3.62. The van der Waals surface area contributed by atoms with Crippen molar-refractivity contribution in [2.75, 3.05) is 20.3 Å². The number of rotatable bonds is 8. The molecular weight excluding hydrogens is 278 g/mol. The predicted octanol–water partition coefficient (Wildman–Crippen LogP) is 2.92. The number of aliphatic hydroxyl groups is 1. The highest BCUT2D eigenvalue weighted by molar-refractivity contribution is 5.46. The lowest BCUT2D eigenvalue weighted by atomic mass is 10.1. The van der Waals surface area contributed by atoms with E-state index in [2.05, 4.69) is 5.32 Å². The second-order valence-corrected chi connectivity index (χ2v) is 4.94. The summed E-state index contributed by atoms with van der Waals surface area (Å²) in [6.07, 6.45) is -0.526. The maximum absolute atomic E-state index is 10.2. The van der Waals surface area contributed by atoms with Crippen LogP contribution in [0.2, 0.25) is 0 Å². The number of nitrogens with one attached hydrogen (secondary N) is 1. The van der Waals surface area contributed by atoms with Crippen molar-refractivity contribution in [1.29, 1.82) is 0 Å². The van der Waals surface area contributed by atoms with Gasteiger partial charge in [0, 0.05) is 18.7 Å². The Kier molecular flexibility index (Phi) is 6.25. The number of benzene rings is 2. The van der Waals surface area contributed by atoms with E-state index in [0.717, 1.165) is 22.6 Å². The Bertz CT molecular complexity index is 572. The van der Waals surface area contributed by atoms with Gasteiger partial charge in [-0.15, -0.1) is 0 Å². The average molecular weight is 301 g/mol. The lowest BCUT2D eigenvalue weighted by molar-refractivity contribution is 0.174. The minimum atomic E-state index is -0.526. The zero-order valence-electron chi connectivity index (χ0n) is 13.1. The molecule has 0 fully saturated rings. The standard InChI is InChI=1S/C18H23NO3/c1-3-22-18-15(10-7-11-17(18)21-2)12-19-13-16(20)14-8-5-4-6-9-14/h4-11,16,19-20H,3,12-13H2,1-2H3/t16-/m0/s1. The first-order valence-electron chi connectivity index (χ1n) is 7.48. The number of methoxy groups -OCH3 is 1. The largest absolute Gasteiger partial charge is 0.493 e.